The minimum Gasteiger partial charge on any atom is -0.487 e. The molecule has 1 aliphatic carbocycles. The van der Waals surface area contributed by atoms with E-state index >= 15 is 0 Å². The predicted octanol–water partition coefficient (Wildman–Crippen LogP) is 2.91. The maximum absolute atomic E-state index is 12.2. The summed E-state index contributed by atoms with van der Waals surface area (Å²) in [4.78, 5) is 16.7. The second kappa shape index (κ2) is 7.05. The van der Waals surface area contributed by atoms with Gasteiger partial charge in [0.15, 0.2) is 0 Å². The van der Waals surface area contributed by atoms with E-state index in [0.717, 1.165) is 24.0 Å². The average Bonchev–Trinajstić information content (AvgIpc) is 3.33. The molecule has 2 aliphatic rings. The molecule has 1 aliphatic heterocycles. The molecule has 6 nitrogen and oxygen atoms in total. The summed E-state index contributed by atoms with van der Waals surface area (Å²) >= 11 is 0. The smallest absolute Gasteiger partial charge is 0.316 e. The van der Waals surface area contributed by atoms with Crippen molar-refractivity contribution in [3.8, 4) is 5.75 Å². The summed E-state index contributed by atoms with van der Waals surface area (Å²) in [6.45, 7) is 1.45. The zero-order chi connectivity index (χ0) is 18.0. The Kier molecular flexibility index (Phi) is 4.61. The molecular weight excluding hydrogens is 334 g/mol. The topological polar surface area (TPSA) is 66.9 Å². The summed E-state index contributed by atoms with van der Waals surface area (Å²) in [6, 6.07) is 11.8. The summed E-state index contributed by atoms with van der Waals surface area (Å²) in [5.41, 5.74) is 1.87. The van der Waals surface area contributed by atoms with Crippen molar-refractivity contribution < 1.29 is 23.7 Å². The third kappa shape index (κ3) is 3.18. The Morgan fingerprint density at radius 3 is 2.62 bits per heavy atom. The number of esters is 1. The van der Waals surface area contributed by atoms with Gasteiger partial charge in [0.25, 0.3) is 0 Å². The van der Waals surface area contributed by atoms with E-state index in [0.29, 0.717) is 31.3 Å². The number of pyridine rings is 1. The van der Waals surface area contributed by atoms with Crippen LogP contribution in [0.5, 0.6) is 5.75 Å². The van der Waals surface area contributed by atoms with Crippen molar-refractivity contribution in [3.05, 3.63) is 59.4 Å². The van der Waals surface area contributed by atoms with Gasteiger partial charge < -0.3 is 18.9 Å². The lowest BCUT2D eigenvalue weighted by molar-refractivity contribution is -0.143. The first-order valence-electron chi connectivity index (χ1n) is 8.72. The highest BCUT2D eigenvalue weighted by Gasteiger charge is 2.53. The summed E-state index contributed by atoms with van der Waals surface area (Å²) in [5, 5.41) is 0. The molecular formula is C20H21NO5. The number of benzene rings is 1. The molecule has 4 rings (SSSR count). The Labute approximate surface area is 152 Å². The van der Waals surface area contributed by atoms with Gasteiger partial charge in [0.2, 0.25) is 6.29 Å². The Morgan fingerprint density at radius 2 is 1.96 bits per heavy atom. The van der Waals surface area contributed by atoms with E-state index in [-0.39, 0.29) is 5.97 Å². The van der Waals surface area contributed by atoms with Crippen LogP contribution in [0.1, 0.15) is 36.0 Å². The molecule has 1 saturated heterocycles. The van der Waals surface area contributed by atoms with E-state index in [1.54, 1.807) is 6.20 Å². The van der Waals surface area contributed by atoms with Crippen molar-refractivity contribution >= 4 is 5.97 Å². The van der Waals surface area contributed by atoms with Gasteiger partial charge in [-0.2, -0.15) is 0 Å². The maximum atomic E-state index is 12.2. The Bertz CT molecular complexity index is 782. The predicted molar refractivity (Wildman–Crippen MR) is 92.6 cm³/mol. The van der Waals surface area contributed by atoms with Crippen molar-refractivity contribution in [2.24, 2.45) is 0 Å². The van der Waals surface area contributed by atoms with Crippen molar-refractivity contribution in [1.29, 1.82) is 0 Å². The highest BCUT2D eigenvalue weighted by Crippen LogP contribution is 2.50. The lowest BCUT2D eigenvalue weighted by Gasteiger charge is -2.18. The van der Waals surface area contributed by atoms with Crippen LogP contribution in [0.3, 0.4) is 0 Å². The molecule has 0 radical (unpaired) electrons. The van der Waals surface area contributed by atoms with Crippen molar-refractivity contribution in [1.82, 2.24) is 4.98 Å². The molecule has 2 aromatic rings. The van der Waals surface area contributed by atoms with Crippen LogP contribution in [0.15, 0.2) is 42.6 Å². The van der Waals surface area contributed by atoms with Crippen molar-refractivity contribution in [2.75, 3.05) is 20.3 Å². The largest absolute Gasteiger partial charge is 0.487 e. The zero-order valence-corrected chi connectivity index (χ0v) is 14.6. The SMILES string of the molecule is COC(=O)C1(c2cnc(C3OCCO3)c(OCc3ccccc3)c2)CC1. The van der Waals surface area contributed by atoms with E-state index < -0.39 is 11.7 Å². The van der Waals surface area contributed by atoms with E-state index in [1.165, 1.54) is 7.11 Å². The highest BCUT2D eigenvalue weighted by molar-refractivity contribution is 5.86. The fourth-order valence-corrected chi connectivity index (χ4v) is 3.19. The van der Waals surface area contributed by atoms with Crippen LogP contribution in [0.4, 0.5) is 0 Å². The van der Waals surface area contributed by atoms with Crippen LogP contribution >= 0.6 is 0 Å². The number of aromatic nitrogens is 1. The first kappa shape index (κ1) is 17.0. The highest BCUT2D eigenvalue weighted by atomic mass is 16.7. The first-order valence-corrected chi connectivity index (χ1v) is 8.72. The molecule has 1 saturated carbocycles. The van der Waals surface area contributed by atoms with Crippen LogP contribution in [0.2, 0.25) is 0 Å². The van der Waals surface area contributed by atoms with Gasteiger partial charge in [0, 0.05) is 6.20 Å². The molecule has 1 aromatic heterocycles. The van der Waals surface area contributed by atoms with Gasteiger partial charge in [0.05, 0.1) is 25.7 Å². The summed E-state index contributed by atoms with van der Waals surface area (Å²) in [6.07, 6.45) is 2.69. The van der Waals surface area contributed by atoms with Crippen LogP contribution in [-0.4, -0.2) is 31.3 Å². The van der Waals surface area contributed by atoms with E-state index in [1.807, 2.05) is 36.4 Å². The number of nitrogens with zero attached hydrogens (tertiary/aromatic N) is 1. The summed E-state index contributed by atoms with van der Waals surface area (Å²) in [5.74, 6) is 0.350. The molecule has 2 heterocycles. The van der Waals surface area contributed by atoms with Crippen LogP contribution in [0.25, 0.3) is 0 Å². The Morgan fingerprint density at radius 1 is 1.23 bits per heavy atom. The number of hydrogen-bond donors (Lipinski definition) is 0. The molecule has 0 atom stereocenters. The normalized spacial score (nSPS) is 18.5. The summed E-state index contributed by atoms with van der Waals surface area (Å²) in [7, 11) is 1.41. The van der Waals surface area contributed by atoms with Crippen LogP contribution < -0.4 is 4.74 Å². The molecule has 136 valence electrons. The molecule has 0 spiro atoms. The first-order chi connectivity index (χ1) is 12.7. The molecule has 6 heteroatoms. The standard InChI is InChI=1S/C20H21NO5/c1-23-19(22)20(7-8-20)15-11-16(26-13-14-5-3-2-4-6-14)17(21-12-15)18-24-9-10-25-18/h2-6,11-12,18H,7-10,13H2,1H3. The fourth-order valence-electron chi connectivity index (χ4n) is 3.19. The Balaban J connectivity index is 1.63. The van der Waals surface area contributed by atoms with E-state index in [4.69, 9.17) is 18.9 Å². The van der Waals surface area contributed by atoms with Gasteiger partial charge in [0.1, 0.15) is 18.1 Å². The molecule has 0 unspecified atom stereocenters. The molecule has 26 heavy (non-hydrogen) atoms. The number of carbonyl (C=O) groups is 1. The van der Waals surface area contributed by atoms with Gasteiger partial charge in [-0.15, -0.1) is 0 Å². The number of hydrogen-bond acceptors (Lipinski definition) is 6. The fraction of sp³-hybridized carbons (Fsp3) is 0.400. The van der Waals surface area contributed by atoms with Crippen molar-refractivity contribution in [2.45, 2.75) is 31.2 Å². The minimum absolute atomic E-state index is 0.227. The Hall–Kier alpha value is -2.44. The molecule has 0 bridgehead atoms. The maximum Gasteiger partial charge on any atom is 0.316 e. The zero-order valence-electron chi connectivity index (χ0n) is 14.6. The summed E-state index contributed by atoms with van der Waals surface area (Å²) < 4.78 is 22.2. The second-order valence-corrected chi connectivity index (χ2v) is 6.53. The van der Waals surface area contributed by atoms with Gasteiger partial charge >= 0.3 is 5.97 Å². The van der Waals surface area contributed by atoms with E-state index in [2.05, 4.69) is 4.98 Å². The van der Waals surface area contributed by atoms with Crippen LogP contribution in [0, 0.1) is 0 Å². The lowest BCUT2D eigenvalue weighted by Crippen LogP contribution is -2.22. The minimum atomic E-state index is -0.595. The third-order valence-corrected chi connectivity index (χ3v) is 4.84. The van der Waals surface area contributed by atoms with Gasteiger partial charge in [-0.3, -0.25) is 9.78 Å². The lowest BCUT2D eigenvalue weighted by atomic mass is 9.97. The molecule has 0 amide bonds. The number of ether oxygens (including phenoxy) is 4. The van der Waals surface area contributed by atoms with Gasteiger partial charge in [-0.25, -0.2) is 0 Å². The van der Waals surface area contributed by atoms with Gasteiger partial charge in [-0.05, 0) is 30.0 Å². The monoisotopic (exact) mass is 355 g/mol. The second-order valence-electron chi connectivity index (χ2n) is 6.53. The van der Waals surface area contributed by atoms with E-state index in [9.17, 15) is 4.79 Å². The number of carbonyl (C=O) groups excluding carboxylic acids is 1. The van der Waals surface area contributed by atoms with Crippen molar-refractivity contribution in [3.63, 3.8) is 0 Å². The number of methoxy groups -OCH3 is 1. The molecule has 0 N–H and O–H groups in total. The quantitative estimate of drug-likeness (QED) is 0.742. The molecule has 2 fully saturated rings. The number of rotatable bonds is 6. The van der Waals surface area contributed by atoms with Gasteiger partial charge in [-0.1, -0.05) is 30.3 Å². The average molecular weight is 355 g/mol. The third-order valence-electron chi connectivity index (χ3n) is 4.84. The van der Waals surface area contributed by atoms with Crippen LogP contribution in [-0.2, 0) is 31.0 Å². The molecule has 1 aromatic carbocycles.